The van der Waals surface area contributed by atoms with Crippen LogP contribution in [0.2, 0.25) is 0 Å². The molecular weight excluding hydrogens is 674 g/mol. The van der Waals surface area contributed by atoms with Crippen LogP contribution in [0.15, 0.2) is 60.9 Å². The van der Waals surface area contributed by atoms with Crippen molar-refractivity contribution in [1.29, 1.82) is 0 Å². The molecule has 1 aliphatic rings. The molecule has 1 fully saturated rings. The molecule has 4 rings (SSSR count). The highest BCUT2D eigenvalue weighted by atomic mass is 16.6. The fourth-order valence-electron chi connectivity index (χ4n) is 5.55. The first kappa shape index (κ1) is 41.0. The number of nitrogens with zero attached hydrogens (tertiary/aromatic N) is 5. The molecule has 0 spiro atoms. The first-order chi connectivity index (χ1) is 24.8. The van der Waals surface area contributed by atoms with Crippen LogP contribution < -0.4 is 10.6 Å². The fourth-order valence-corrected chi connectivity index (χ4v) is 5.55. The second kappa shape index (κ2) is 17.8. The topological polar surface area (TPSA) is 138 Å². The van der Waals surface area contributed by atoms with E-state index in [4.69, 9.17) is 14.2 Å². The number of ether oxygens (including phenoxy) is 3. The van der Waals surface area contributed by atoms with Crippen LogP contribution in [0.25, 0.3) is 11.1 Å². The zero-order chi connectivity index (χ0) is 38.8. The number of nitrogens with one attached hydrogen (secondary N) is 2. The Labute approximate surface area is 314 Å². The van der Waals surface area contributed by atoms with Gasteiger partial charge in [-0.15, -0.1) is 0 Å². The molecule has 0 aliphatic carbocycles. The summed E-state index contributed by atoms with van der Waals surface area (Å²) in [5.74, 6) is 0.522. The Morgan fingerprint density at radius 3 is 2.09 bits per heavy atom. The maximum absolute atomic E-state index is 13.0. The van der Waals surface area contributed by atoms with Gasteiger partial charge in [-0.1, -0.05) is 18.2 Å². The molecule has 2 aromatic heterocycles. The van der Waals surface area contributed by atoms with Crippen LogP contribution in [-0.2, 0) is 32.1 Å². The summed E-state index contributed by atoms with van der Waals surface area (Å²) in [4.78, 5) is 52.7. The zero-order valence-corrected chi connectivity index (χ0v) is 32.8. The molecule has 0 radical (unpaired) electrons. The summed E-state index contributed by atoms with van der Waals surface area (Å²) in [6.45, 7) is 21.6. The summed E-state index contributed by atoms with van der Waals surface area (Å²) in [6.07, 6.45) is 2.48. The lowest BCUT2D eigenvalue weighted by Gasteiger charge is -2.34. The van der Waals surface area contributed by atoms with Crippen LogP contribution in [0.1, 0.15) is 73.6 Å². The number of carbonyl (C=O) groups is 3. The minimum absolute atomic E-state index is 0.180. The monoisotopic (exact) mass is 731 g/mol. The first-order valence-corrected chi connectivity index (χ1v) is 18.2. The van der Waals surface area contributed by atoms with E-state index in [0.29, 0.717) is 18.1 Å². The highest BCUT2D eigenvalue weighted by molar-refractivity contribution is 5.72. The molecule has 288 valence electrons. The summed E-state index contributed by atoms with van der Waals surface area (Å²) in [5.41, 5.74) is 2.86. The molecule has 0 bridgehead atoms. The predicted octanol–water partition coefficient (Wildman–Crippen LogP) is 6.61. The Kier molecular flexibility index (Phi) is 13.8. The molecule has 1 aliphatic heterocycles. The summed E-state index contributed by atoms with van der Waals surface area (Å²) in [5, 5.41) is 6.14. The van der Waals surface area contributed by atoms with E-state index in [1.165, 1.54) is 10.5 Å². The number of pyridine rings is 2. The smallest absolute Gasteiger partial charge is 0.410 e. The molecule has 0 unspecified atom stereocenters. The van der Waals surface area contributed by atoms with Crippen LogP contribution in [0.4, 0.5) is 21.1 Å². The van der Waals surface area contributed by atoms with Gasteiger partial charge in [0, 0.05) is 69.5 Å². The third kappa shape index (κ3) is 15.0. The Morgan fingerprint density at radius 2 is 1.45 bits per heavy atom. The quantitative estimate of drug-likeness (QED) is 0.154. The lowest BCUT2D eigenvalue weighted by molar-refractivity contribution is -0.156. The van der Waals surface area contributed by atoms with Crippen molar-refractivity contribution >= 4 is 29.7 Å². The lowest BCUT2D eigenvalue weighted by atomic mass is 10.1. The van der Waals surface area contributed by atoms with Crippen molar-refractivity contribution in [3.8, 4) is 11.1 Å². The van der Waals surface area contributed by atoms with E-state index in [2.05, 4.69) is 42.5 Å². The number of amides is 2. The van der Waals surface area contributed by atoms with E-state index in [0.717, 1.165) is 49.5 Å². The third-order valence-electron chi connectivity index (χ3n) is 7.82. The van der Waals surface area contributed by atoms with Gasteiger partial charge >= 0.3 is 18.2 Å². The van der Waals surface area contributed by atoms with Crippen LogP contribution in [0.3, 0.4) is 0 Å². The number of hydrogen-bond acceptors (Lipinski definition) is 11. The molecule has 13 nitrogen and oxygen atoms in total. The summed E-state index contributed by atoms with van der Waals surface area (Å²) in [7, 11) is 0. The number of benzene rings is 1. The average molecular weight is 732 g/mol. The van der Waals surface area contributed by atoms with Crippen LogP contribution in [0, 0.1) is 0 Å². The van der Waals surface area contributed by atoms with Crippen molar-refractivity contribution in [1.82, 2.24) is 30.0 Å². The molecule has 3 aromatic rings. The zero-order valence-electron chi connectivity index (χ0n) is 32.8. The van der Waals surface area contributed by atoms with Gasteiger partial charge in [-0.05, 0) is 104 Å². The van der Waals surface area contributed by atoms with E-state index < -0.39 is 29.0 Å². The normalized spacial score (nSPS) is 14.3. The Bertz CT molecular complexity index is 1670. The van der Waals surface area contributed by atoms with Crippen LogP contribution in [0.5, 0.6) is 0 Å². The minimum Gasteiger partial charge on any atom is -0.459 e. The number of anilines is 2. The molecule has 0 saturated carbocycles. The van der Waals surface area contributed by atoms with E-state index in [1.54, 1.807) is 33.2 Å². The number of alkyl carbamates (subject to hydrolysis) is 1. The standard InChI is InChI=1S/C40H57N7O6/c1-38(2,3)51-35(48)28-46-21-19-45(20-22-46)26-29-11-10-12-32(23-29)44-34-24-30(15-16-41-34)31-13-14-33(43-25-31)27-47(37(50)53-40(7,8)9)18-17-42-36(49)52-39(4,5)6/h10-16,23-25H,17-22,26-28H2,1-9H3,(H,41,44)(H,42,49). The molecule has 1 aromatic carbocycles. The predicted molar refractivity (Wildman–Crippen MR) is 206 cm³/mol. The van der Waals surface area contributed by atoms with Gasteiger partial charge in [-0.2, -0.15) is 0 Å². The van der Waals surface area contributed by atoms with Gasteiger partial charge in [-0.25, -0.2) is 14.6 Å². The first-order valence-electron chi connectivity index (χ1n) is 18.2. The van der Waals surface area contributed by atoms with Gasteiger partial charge in [0.15, 0.2) is 0 Å². The molecule has 0 atom stereocenters. The Balaban J connectivity index is 1.33. The summed E-state index contributed by atoms with van der Waals surface area (Å²) >= 11 is 0. The highest BCUT2D eigenvalue weighted by Crippen LogP contribution is 2.24. The molecule has 2 N–H and O–H groups in total. The van der Waals surface area contributed by atoms with Gasteiger partial charge < -0.3 is 29.7 Å². The molecule has 3 heterocycles. The largest absolute Gasteiger partial charge is 0.459 e. The number of esters is 1. The molecule has 2 amide bonds. The number of hydrogen-bond donors (Lipinski definition) is 2. The van der Waals surface area contributed by atoms with Gasteiger partial charge in [0.1, 0.15) is 22.6 Å². The molecular formula is C40H57N7O6. The SMILES string of the molecule is CC(C)(C)OC(=O)CN1CCN(Cc2cccc(Nc3cc(-c4ccc(CN(CCNC(=O)OC(C)(C)C)C(=O)OC(C)(C)C)nc4)ccn3)c2)CC1. The second-order valence-corrected chi connectivity index (χ2v) is 16.3. The number of piperazine rings is 1. The van der Waals surface area contributed by atoms with Crippen molar-refractivity contribution in [2.24, 2.45) is 0 Å². The van der Waals surface area contributed by atoms with Gasteiger partial charge in [-0.3, -0.25) is 19.6 Å². The van der Waals surface area contributed by atoms with Gasteiger partial charge in [0.25, 0.3) is 0 Å². The number of rotatable bonds is 12. The van der Waals surface area contributed by atoms with E-state index >= 15 is 0 Å². The Hall–Kier alpha value is -4.75. The summed E-state index contributed by atoms with van der Waals surface area (Å²) in [6, 6.07) is 16.1. The maximum atomic E-state index is 13.0. The van der Waals surface area contributed by atoms with Crippen molar-refractivity contribution in [3.05, 3.63) is 72.2 Å². The van der Waals surface area contributed by atoms with E-state index in [-0.39, 0.29) is 25.6 Å². The molecule has 53 heavy (non-hydrogen) atoms. The third-order valence-corrected chi connectivity index (χ3v) is 7.82. The molecule has 13 heteroatoms. The van der Waals surface area contributed by atoms with Gasteiger partial charge in [0.05, 0.1) is 18.8 Å². The average Bonchev–Trinajstić information content (AvgIpc) is 3.03. The van der Waals surface area contributed by atoms with Crippen LogP contribution in [-0.4, -0.2) is 105 Å². The molecule has 1 saturated heterocycles. The number of aromatic nitrogens is 2. The van der Waals surface area contributed by atoms with Crippen molar-refractivity contribution < 1.29 is 28.6 Å². The maximum Gasteiger partial charge on any atom is 0.410 e. The minimum atomic E-state index is -0.679. The highest BCUT2D eigenvalue weighted by Gasteiger charge is 2.25. The lowest BCUT2D eigenvalue weighted by Crippen LogP contribution is -2.48. The van der Waals surface area contributed by atoms with Crippen LogP contribution >= 0.6 is 0 Å². The van der Waals surface area contributed by atoms with E-state index in [1.807, 2.05) is 77.9 Å². The van der Waals surface area contributed by atoms with E-state index in [9.17, 15) is 14.4 Å². The van der Waals surface area contributed by atoms with Crippen molar-refractivity contribution in [3.63, 3.8) is 0 Å². The number of carbonyl (C=O) groups excluding carboxylic acids is 3. The summed E-state index contributed by atoms with van der Waals surface area (Å²) < 4.78 is 16.4. The van der Waals surface area contributed by atoms with Crippen molar-refractivity contribution in [2.75, 3.05) is 51.1 Å². The second-order valence-electron chi connectivity index (χ2n) is 16.3. The Morgan fingerprint density at radius 1 is 0.774 bits per heavy atom. The van der Waals surface area contributed by atoms with Gasteiger partial charge in [0.2, 0.25) is 0 Å². The fraction of sp³-hybridized carbons (Fsp3) is 0.525. The van der Waals surface area contributed by atoms with Crippen molar-refractivity contribution in [2.45, 2.75) is 92.2 Å².